The summed E-state index contributed by atoms with van der Waals surface area (Å²) in [4.78, 5) is 1.25. The van der Waals surface area contributed by atoms with E-state index in [2.05, 4.69) is 52.2 Å². The minimum atomic E-state index is -0.0302. The van der Waals surface area contributed by atoms with Crippen LogP contribution >= 0.6 is 27.7 Å². The number of nitrogens with two attached hydrogens (primary N) is 1. The second kappa shape index (κ2) is 5.91. The van der Waals surface area contributed by atoms with E-state index in [1.165, 1.54) is 10.5 Å². The molecule has 1 heterocycles. The van der Waals surface area contributed by atoms with Crippen LogP contribution in [-0.2, 0) is 7.05 Å². The quantitative estimate of drug-likeness (QED) is 0.877. The molecule has 0 bridgehead atoms. The van der Waals surface area contributed by atoms with Gasteiger partial charge in [0.25, 0.3) is 0 Å². The number of thioether (sulfide) groups is 1. The third-order valence-corrected chi connectivity index (χ3v) is 4.43. The molecule has 1 atom stereocenters. The zero-order valence-electron chi connectivity index (χ0n) is 10.4. The summed E-state index contributed by atoms with van der Waals surface area (Å²) in [5.41, 5.74) is 8.53. The van der Waals surface area contributed by atoms with Gasteiger partial charge in [0.1, 0.15) is 0 Å². The summed E-state index contributed by atoms with van der Waals surface area (Å²) in [6, 6.07) is 8.43. The molecule has 0 amide bonds. The van der Waals surface area contributed by atoms with Crippen molar-refractivity contribution in [2.24, 2.45) is 12.8 Å². The lowest BCUT2D eigenvalue weighted by molar-refractivity contribution is 0.657. The average molecular weight is 326 g/mol. The van der Waals surface area contributed by atoms with Crippen molar-refractivity contribution in [2.45, 2.75) is 17.9 Å². The molecule has 18 heavy (non-hydrogen) atoms. The van der Waals surface area contributed by atoms with Crippen LogP contribution in [0.15, 0.2) is 39.8 Å². The number of halogens is 1. The van der Waals surface area contributed by atoms with E-state index in [1.54, 1.807) is 18.0 Å². The average Bonchev–Trinajstić information content (AvgIpc) is 2.66. The predicted octanol–water partition coefficient (Wildman–Crippen LogP) is 3.28. The smallest absolute Gasteiger partial charge is 0.0698 e. The van der Waals surface area contributed by atoms with E-state index in [9.17, 15) is 0 Å². The molecule has 2 aromatic rings. The molecular weight excluding hydrogens is 310 g/mol. The maximum Gasteiger partial charge on any atom is 0.0698 e. The standard InChI is InChI=1S/C13H16BrN3S/c1-9-4-3-5-10(6-9)18-8-12(15)13-11(14)7-16-17(13)2/h3-7,12H,8,15H2,1-2H3. The first-order valence-electron chi connectivity index (χ1n) is 5.70. The highest BCUT2D eigenvalue weighted by molar-refractivity contribution is 9.10. The molecule has 5 heteroatoms. The van der Waals surface area contributed by atoms with E-state index in [0.717, 1.165) is 15.9 Å². The van der Waals surface area contributed by atoms with Crippen molar-refractivity contribution >= 4 is 27.7 Å². The van der Waals surface area contributed by atoms with Crippen LogP contribution in [0, 0.1) is 6.92 Å². The van der Waals surface area contributed by atoms with E-state index >= 15 is 0 Å². The predicted molar refractivity (Wildman–Crippen MR) is 79.7 cm³/mol. The summed E-state index contributed by atoms with van der Waals surface area (Å²) >= 11 is 5.25. The Hall–Kier alpha value is -0.780. The van der Waals surface area contributed by atoms with Gasteiger partial charge in [-0.3, -0.25) is 4.68 Å². The highest BCUT2D eigenvalue weighted by Gasteiger charge is 2.14. The Balaban J connectivity index is 2.03. The maximum atomic E-state index is 6.22. The second-order valence-electron chi connectivity index (χ2n) is 4.24. The summed E-state index contributed by atoms with van der Waals surface area (Å²) in [6.07, 6.45) is 1.78. The lowest BCUT2D eigenvalue weighted by Crippen LogP contribution is -2.17. The number of hydrogen-bond donors (Lipinski definition) is 1. The van der Waals surface area contributed by atoms with Crippen molar-refractivity contribution < 1.29 is 0 Å². The van der Waals surface area contributed by atoms with E-state index in [4.69, 9.17) is 5.73 Å². The first kappa shape index (κ1) is 13.6. The van der Waals surface area contributed by atoms with Gasteiger partial charge in [0, 0.05) is 17.7 Å². The van der Waals surface area contributed by atoms with Crippen molar-refractivity contribution in [3.63, 3.8) is 0 Å². The zero-order valence-corrected chi connectivity index (χ0v) is 12.8. The van der Waals surface area contributed by atoms with Crippen LogP contribution in [0.5, 0.6) is 0 Å². The number of nitrogens with zero attached hydrogens (tertiary/aromatic N) is 2. The molecule has 96 valence electrons. The number of benzene rings is 1. The molecule has 3 nitrogen and oxygen atoms in total. The molecular formula is C13H16BrN3S. The van der Waals surface area contributed by atoms with Gasteiger partial charge >= 0.3 is 0 Å². The Morgan fingerprint density at radius 1 is 1.50 bits per heavy atom. The van der Waals surface area contributed by atoms with Gasteiger partial charge in [-0.2, -0.15) is 5.10 Å². The zero-order chi connectivity index (χ0) is 13.1. The van der Waals surface area contributed by atoms with Crippen LogP contribution in [0.2, 0.25) is 0 Å². The van der Waals surface area contributed by atoms with Crippen molar-refractivity contribution in [3.05, 3.63) is 46.2 Å². The Labute approximate surface area is 120 Å². The molecule has 1 unspecified atom stereocenters. The summed E-state index contributed by atoms with van der Waals surface area (Å²) in [5, 5.41) is 4.19. The van der Waals surface area contributed by atoms with Gasteiger partial charge in [0.15, 0.2) is 0 Å². The number of rotatable bonds is 4. The summed E-state index contributed by atoms with van der Waals surface area (Å²) in [6.45, 7) is 2.10. The van der Waals surface area contributed by atoms with Crippen LogP contribution in [0.3, 0.4) is 0 Å². The molecule has 1 aromatic carbocycles. The number of aryl methyl sites for hydroxylation is 2. The van der Waals surface area contributed by atoms with Gasteiger partial charge in [-0.25, -0.2) is 0 Å². The largest absolute Gasteiger partial charge is 0.322 e. The first-order valence-corrected chi connectivity index (χ1v) is 7.48. The Bertz CT molecular complexity index is 519. The van der Waals surface area contributed by atoms with Crippen LogP contribution in [0.1, 0.15) is 17.3 Å². The fourth-order valence-electron chi connectivity index (χ4n) is 1.81. The summed E-state index contributed by atoms with van der Waals surface area (Å²) < 4.78 is 2.80. The molecule has 0 aliphatic heterocycles. The van der Waals surface area contributed by atoms with Crippen molar-refractivity contribution in [2.75, 3.05) is 5.75 Å². The van der Waals surface area contributed by atoms with Crippen LogP contribution in [-0.4, -0.2) is 15.5 Å². The Kier molecular flexibility index (Phi) is 4.48. The molecule has 1 aromatic heterocycles. The molecule has 0 saturated heterocycles. The van der Waals surface area contributed by atoms with Gasteiger partial charge in [-0.1, -0.05) is 17.7 Å². The summed E-state index contributed by atoms with van der Waals surface area (Å²) in [7, 11) is 1.91. The van der Waals surface area contributed by atoms with Gasteiger partial charge in [0.2, 0.25) is 0 Å². The Morgan fingerprint density at radius 3 is 2.89 bits per heavy atom. The van der Waals surface area contributed by atoms with Crippen molar-refractivity contribution in [1.29, 1.82) is 0 Å². The van der Waals surface area contributed by atoms with E-state index in [0.29, 0.717) is 0 Å². The molecule has 0 radical (unpaired) electrons. The molecule has 2 rings (SSSR count). The number of hydrogen-bond acceptors (Lipinski definition) is 3. The summed E-state index contributed by atoms with van der Waals surface area (Å²) in [5.74, 6) is 0.835. The van der Waals surface area contributed by atoms with E-state index in [1.807, 2.05) is 11.7 Å². The lowest BCUT2D eigenvalue weighted by Gasteiger charge is -2.12. The topological polar surface area (TPSA) is 43.8 Å². The molecule has 0 aliphatic rings. The third kappa shape index (κ3) is 3.16. The first-order chi connectivity index (χ1) is 8.58. The lowest BCUT2D eigenvalue weighted by atomic mass is 10.2. The van der Waals surface area contributed by atoms with E-state index in [-0.39, 0.29) is 6.04 Å². The van der Waals surface area contributed by atoms with Crippen LogP contribution in [0.25, 0.3) is 0 Å². The maximum absolute atomic E-state index is 6.22. The fourth-order valence-corrected chi connectivity index (χ4v) is 3.42. The van der Waals surface area contributed by atoms with Gasteiger partial charge in [-0.05, 0) is 35.0 Å². The normalized spacial score (nSPS) is 12.7. The van der Waals surface area contributed by atoms with Crippen LogP contribution < -0.4 is 5.73 Å². The van der Waals surface area contributed by atoms with Crippen LogP contribution in [0.4, 0.5) is 0 Å². The molecule has 0 saturated carbocycles. The fraction of sp³-hybridized carbons (Fsp3) is 0.308. The molecule has 0 aliphatic carbocycles. The SMILES string of the molecule is Cc1cccc(SCC(N)c2c(Br)cnn2C)c1. The molecule has 0 fully saturated rings. The number of aromatic nitrogens is 2. The van der Waals surface area contributed by atoms with Gasteiger partial charge in [-0.15, -0.1) is 11.8 Å². The van der Waals surface area contributed by atoms with E-state index < -0.39 is 0 Å². The minimum Gasteiger partial charge on any atom is -0.322 e. The third-order valence-electron chi connectivity index (χ3n) is 2.71. The minimum absolute atomic E-state index is 0.0302. The van der Waals surface area contributed by atoms with Crippen molar-refractivity contribution in [3.8, 4) is 0 Å². The highest BCUT2D eigenvalue weighted by atomic mass is 79.9. The molecule has 2 N–H and O–H groups in total. The van der Waals surface area contributed by atoms with Crippen molar-refractivity contribution in [1.82, 2.24) is 9.78 Å². The molecule has 0 spiro atoms. The second-order valence-corrected chi connectivity index (χ2v) is 6.18. The monoisotopic (exact) mass is 325 g/mol. The Morgan fingerprint density at radius 2 is 2.28 bits per heavy atom. The highest BCUT2D eigenvalue weighted by Crippen LogP contribution is 2.27. The van der Waals surface area contributed by atoms with Gasteiger partial charge < -0.3 is 5.73 Å². The van der Waals surface area contributed by atoms with Gasteiger partial charge in [0.05, 0.1) is 22.4 Å².